The monoisotopic (exact) mass is 354 g/mol. The van der Waals surface area contributed by atoms with E-state index in [2.05, 4.69) is 26.1 Å². The largest absolute Gasteiger partial charge is 0.314 e. The van der Waals surface area contributed by atoms with Crippen LogP contribution in [0.2, 0.25) is 0 Å². The minimum absolute atomic E-state index is 0. The van der Waals surface area contributed by atoms with E-state index in [0.29, 0.717) is 6.42 Å². The van der Waals surface area contributed by atoms with Crippen LogP contribution in [0, 0.1) is 5.82 Å². The van der Waals surface area contributed by atoms with Gasteiger partial charge in [0, 0.05) is 36.7 Å². The third-order valence-corrected chi connectivity index (χ3v) is 3.98. The molecule has 1 aromatic rings. The number of piperazine rings is 1. The molecule has 0 unspecified atom stereocenters. The fraction of sp³-hybridized carbons (Fsp3) is 0.538. The van der Waals surface area contributed by atoms with Crippen molar-refractivity contribution in [2.75, 3.05) is 32.9 Å². The molecule has 6 heteroatoms. The number of rotatable bonds is 4. The second-order valence-corrected chi connectivity index (χ2v) is 5.30. The van der Waals surface area contributed by atoms with Crippen LogP contribution in [0.5, 0.6) is 0 Å². The molecule has 1 fully saturated rings. The zero-order valence-electron chi connectivity index (χ0n) is 10.5. The van der Waals surface area contributed by atoms with Gasteiger partial charge in [-0.3, -0.25) is 9.29 Å². The fourth-order valence-electron chi connectivity index (χ4n) is 2.40. The maximum absolute atomic E-state index is 13.1. The van der Waals surface area contributed by atoms with Crippen molar-refractivity contribution in [2.45, 2.75) is 12.5 Å². The summed E-state index contributed by atoms with van der Waals surface area (Å²) in [6, 6.07) is 4.66. The molecule has 0 bridgehead atoms. The summed E-state index contributed by atoms with van der Waals surface area (Å²) >= 11 is 3.38. The number of halogens is 4. The summed E-state index contributed by atoms with van der Waals surface area (Å²) in [6.45, 7) is 3.27. The Balaban J connectivity index is 0.00000180. The number of nitrogens with one attached hydrogen (secondary N) is 1. The zero-order chi connectivity index (χ0) is 13.0. The normalized spacial score (nSPS) is 17.8. The van der Waals surface area contributed by atoms with E-state index in [9.17, 15) is 8.78 Å². The lowest BCUT2D eigenvalue weighted by atomic mass is 10.0. The summed E-state index contributed by atoms with van der Waals surface area (Å²) in [6.07, 6.45) is 0.449. The lowest BCUT2D eigenvalue weighted by molar-refractivity contribution is 0.157. The molecule has 1 saturated heterocycles. The van der Waals surface area contributed by atoms with Gasteiger partial charge >= 0.3 is 0 Å². The van der Waals surface area contributed by atoms with Gasteiger partial charge in [0.15, 0.2) is 0 Å². The van der Waals surface area contributed by atoms with E-state index in [1.54, 1.807) is 6.07 Å². The summed E-state index contributed by atoms with van der Waals surface area (Å²) in [4.78, 5) is 2.26. The van der Waals surface area contributed by atoms with Crippen LogP contribution in [-0.2, 0) is 0 Å². The average molecular weight is 356 g/mol. The smallest absolute Gasteiger partial charge is 0.124 e. The van der Waals surface area contributed by atoms with Gasteiger partial charge in [0.05, 0.1) is 6.67 Å². The second kappa shape index (κ2) is 8.15. The Morgan fingerprint density at radius 1 is 1.32 bits per heavy atom. The van der Waals surface area contributed by atoms with Gasteiger partial charge < -0.3 is 5.32 Å². The highest BCUT2D eigenvalue weighted by Gasteiger charge is 2.23. The van der Waals surface area contributed by atoms with Crippen molar-refractivity contribution in [3.05, 3.63) is 34.1 Å². The summed E-state index contributed by atoms with van der Waals surface area (Å²) in [7, 11) is 0. The van der Waals surface area contributed by atoms with Gasteiger partial charge in [-0.25, -0.2) is 4.39 Å². The van der Waals surface area contributed by atoms with E-state index in [1.165, 1.54) is 12.1 Å². The van der Waals surface area contributed by atoms with Crippen molar-refractivity contribution in [3.63, 3.8) is 0 Å². The van der Waals surface area contributed by atoms with Gasteiger partial charge in [0.2, 0.25) is 0 Å². The molecule has 0 saturated carbocycles. The summed E-state index contributed by atoms with van der Waals surface area (Å²) in [5.74, 6) is -0.273. The number of hydrogen-bond donors (Lipinski definition) is 1. The van der Waals surface area contributed by atoms with Gasteiger partial charge in [-0.05, 0) is 24.1 Å². The zero-order valence-corrected chi connectivity index (χ0v) is 12.9. The minimum atomic E-state index is -0.363. The third-order valence-electron chi connectivity index (χ3n) is 3.30. The molecule has 0 amide bonds. The van der Waals surface area contributed by atoms with Crippen molar-refractivity contribution in [1.82, 2.24) is 10.2 Å². The lowest BCUT2D eigenvalue weighted by Crippen LogP contribution is -2.45. The van der Waals surface area contributed by atoms with Crippen molar-refractivity contribution < 1.29 is 8.78 Å². The fourth-order valence-corrected chi connectivity index (χ4v) is 3.02. The van der Waals surface area contributed by atoms with Crippen molar-refractivity contribution in [2.24, 2.45) is 0 Å². The topological polar surface area (TPSA) is 15.3 Å². The molecule has 2 rings (SSSR count). The lowest BCUT2D eigenvalue weighted by Gasteiger charge is -2.35. The minimum Gasteiger partial charge on any atom is -0.314 e. The maximum Gasteiger partial charge on any atom is 0.124 e. The van der Waals surface area contributed by atoms with Crippen LogP contribution >= 0.6 is 28.3 Å². The first-order chi connectivity index (χ1) is 8.72. The SMILES string of the molecule is Cl.FCC[C@@H](c1ccc(F)cc1Br)N1CCNCC1. The van der Waals surface area contributed by atoms with E-state index in [4.69, 9.17) is 0 Å². The first-order valence-corrected chi connectivity index (χ1v) is 6.97. The molecule has 1 atom stereocenters. The summed E-state index contributed by atoms with van der Waals surface area (Å²) < 4.78 is 26.6. The third kappa shape index (κ3) is 4.38. The molecule has 1 aliphatic rings. The molecule has 2 nitrogen and oxygen atoms in total. The highest BCUT2D eigenvalue weighted by molar-refractivity contribution is 9.10. The van der Waals surface area contributed by atoms with Crippen LogP contribution in [0.15, 0.2) is 22.7 Å². The quantitative estimate of drug-likeness (QED) is 0.891. The van der Waals surface area contributed by atoms with Gasteiger partial charge in [0.25, 0.3) is 0 Å². The second-order valence-electron chi connectivity index (χ2n) is 4.45. The standard InChI is InChI=1S/C13H17BrF2N2.ClH/c14-12-9-10(16)1-2-11(12)13(3-4-15)18-7-5-17-6-8-18;/h1-2,9,13,17H,3-8H2;1H/t13-;/m0./s1. The Kier molecular flexibility index (Phi) is 7.21. The molecular formula is C13H18BrClF2N2. The predicted octanol–water partition coefficient (Wildman–Crippen LogP) is 3.32. The van der Waals surface area contributed by atoms with Crippen molar-refractivity contribution in [1.29, 1.82) is 0 Å². The van der Waals surface area contributed by atoms with E-state index < -0.39 is 0 Å². The predicted molar refractivity (Wildman–Crippen MR) is 79.1 cm³/mol. The molecule has 0 radical (unpaired) electrons. The van der Waals surface area contributed by atoms with Gasteiger partial charge in [-0.1, -0.05) is 22.0 Å². The van der Waals surface area contributed by atoms with Gasteiger partial charge in [0.1, 0.15) is 5.82 Å². The number of nitrogens with zero attached hydrogens (tertiary/aromatic N) is 1. The molecule has 1 aromatic carbocycles. The number of hydrogen-bond acceptors (Lipinski definition) is 2. The Morgan fingerprint density at radius 2 is 2.00 bits per heavy atom. The van der Waals surface area contributed by atoms with Gasteiger partial charge in [-0.2, -0.15) is 0 Å². The highest BCUT2D eigenvalue weighted by atomic mass is 79.9. The Bertz CT molecular complexity index is 400. The maximum atomic E-state index is 13.1. The first-order valence-electron chi connectivity index (χ1n) is 6.18. The number of alkyl halides is 1. The summed E-state index contributed by atoms with van der Waals surface area (Å²) in [5, 5.41) is 3.28. The molecule has 0 spiro atoms. The molecule has 1 heterocycles. The summed E-state index contributed by atoms with van der Waals surface area (Å²) in [5.41, 5.74) is 0.968. The molecule has 0 aromatic heterocycles. The average Bonchev–Trinajstić information content (AvgIpc) is 2.38. The van der Waals surface area contributed by atoms with Crippen LogP contribution < -0.4 is 5.32 Å². The Morgan fingerprint density at radius 3 is 2.58 bits per heavy atom. The highest BCUT2D eigenvalue weighted by Crippen LogP contribution is 2.31. The van der Waals surface area contributed by atoms with E-state index in [0.717, 1.165) is 36.2 Å². The Labute approximate surface area is 127 Å². The van der Waals surface area contributed by atoms with Crippen LogP contribution in [0.4, 0.5) is 8.78 Å². The molecule has 1 N–H and O–H groups in total. The Hall–Kier alpha value is -0.230. The number of benzene rings is 1. The van der Waals surface area contributed by atoms with E-state index >= 15 is 0 Å². The van der Waals surface area contributed by atoms with E-state index in [-0.39, 0.29) is 30.9 Å². The molecule has 108 valence electrons. The van der Waals surface area contributed by atoms with Crippen molar-refractivity contribution >= 4 is 28.3 Å². The van der Waals surface area contributed by atoms with Gasteiger partial charge in [-0.15, -0.1) is 12.4 Å². The van der Waals surface area contributed by atoms with Crippen LogP contribution in [0.1, 0.15) is 18.0 Å². The molecule has 0 aliphatic carbocycles. The molecule has 1 aliphatic heterocycles. The van der Waals surface area contributed by atoms with E-state index in [1.807, 2.05) is 0 Å². The molecule has 19 heavy (non-hydrogen) atoms. The van der Waals surface area contributed by atoms with Crippen molar-refractivity contribution in [3.8, 4) is 0 Å². The van der Waals surface area contributed by atoms with Crippen LogP contribution in [0.25, 0.3) is 0 Å². The first kappa shape index (κ1) is 16.8. The van der Waals surface area contributed by atoms with Crippen LogP contribution in [0.3, 0.4) is 0 Å². The molecular weight excluding hydrogens is 338 g/mol. The van der Waals surface area contributed by atoms with Crippen LogP contribution in [-0.4, -0.2) is 37.8 Å².